The summed E-state index contributed by atoms with van der Waals surface area (Å²) in [5, 5.41) is 2.64. The molecule has 0 radical (unpaired) electrons. The van der Waals surface area contributed by atoms with Crippen molar-refractivity contribution in [1.82, 2.24) is 10.2 Å². The van der Waals surface area contributed by atoms with Crippen LogP contribution in [0.5, 0.6) is 5.75 Å². The Morgan fingerprint density at radius 2 is 2.17 bits per heavy atom. The van der Waals surface area contributed by atoms with Crippen molar-refractivity contribution in [2.24, 2.45) is 0 Å². The van der Waals surface area contributed by atoms with Crippen molar-refractivity contribution in [2.45, 2.75) is 6.54 Å². The highest BCUT2D eigenvalue weighted by atomic mass is 79.9. The Labute approximate surface area is 146 Å². The molecule has 1 aromatic heterocycles. The van der Waals surface area contributed by atoms with Crippen LogP contribution >= 0.6 is 15.9 Å². The molecule has 0 fully saturated rings. The number of amides is 2. The molecule has 0 unspecified atom stereocenters. The van der Waals surface area contributed by atoms with E-state index in [4.69, 9.17) is 9.15 Å². The lowest BCUT2D eigenvalue weighted by atomic mass is 10.3. The monoisotopic (exact) mass is 398 g/mol. The first kappa shape index (κ1) is 18.0. The van der Waals surface area contributed by atoms with Crippen LogP contribution in [0.25, 0.3) is 0 Å². The minimum absolute atomic E-state index is 0.104. The van der Waals surface area contributed by atoms with Gasteiger partial charge in [0.25, 0.3) is 5.91 Å². The average Bonchev–Trinajstić information content (AvgIpc) is 3.05. The van der Waals surface area contributed by atoms with E-state index in [-0.39, 0.29) is 31.5 Å². The van der Waals surface area contributed by atoms with E-state index in [1.165, 1.54) is 36.4 Å². The van der Waals surface area contributed by atoms with Crippen LogP contribution < -0.4 is 10.1 Å². The molecule has 2 rings (SSSR count). The lowest BCUT2D eigenvalue weighted by Crippen LogP contribution is -2.40. The molecule has 128 valence electrons. The number of carbonyl (C=O) groups excluding carboxylic acids is 2. The van der Waals surface area contributed by atoms with Crippen LogP contribution in [0, 0.1) is 5.82 Å². The maximum atomic E-state index is 13.0. The summed E-state index contributed by atoms with van der Waals surface area (Å²) in [6.07, 6.45) is 1.52. The molecule has 2 aromatic rings. The van der Waals surface area contributed by atoms with Crippen LogP contribution in [0.4, 0.5) is 4.39 Å². The van der Waals surface area contributed by atoms with Gasteiger partial charge in [-0.15, -0.1) is 0 Å². The van der Waals surface area contributed by atoms with E-state index in [1.807, 2.05) is 0 Å². The Kier molecular flexibility index (Phi) is 6.36. The van der Waals surface area contributed by atoms with Gasteiger partial charge >= 0.3 is 0 Å². The van der Waals surface area contributed by atoms with E-state index in [0.717, 1.165) is 0 Å². The van der Waals surface area contributed by atoms with Crippen molar-refractivity contribution in [2.75, 3.05) is 20.2 Å². The highest BCUT2D eigenvalue weighted by Crippen LogP contribution is 2.25. The first-order chi connectivity index (χ1) is 11.5. The molecule has 1 N–H and O–H groups in total. The van der Waals surface area contributed by atoms with Crippen molar-refractivity contribution in [3.05, 3.63) is 52.6 Å². The van der Waals surface area contributed by atoms with Gasteiger partial charge in [0.1, 0.15) is 17.3 Å². The van der Waals surface area contributed by atoms with E-state index in [2.05, 4.69) is 21.2 Å². The predicted octanol–water partition coefficient (Wildman–Crippen LogP) is 2.33. The average molecular weight is 399 g/mol. The van der Waals surface area contributed by atoms with Gasteiger partial charge in [-0.3, -0.25) is 9.59 Å². The summed E-state index contributed by atoms with van der Waals surface area (Å²) in [6.45, 7) is -0.105. The normalized spacial score (nSPS) is 10.3. The zero-order chi connectivity index (χ0) is 17.5. The maximum Gasteiger partial charge on any atom is 0.260 e. The molecule has 0 saturated carbocycles. The number of halogens is 2. The molecule has 24 heavy (non-hydrogen) atoms. The SMILES string of the molecule is CN(CC(=O)NCc1ccco1)C(=O)COc1ccc(F)cc1Br. The number of furan rings is 1. The summed E-state index contributed by atoms with van der Waals surface area (Å²) in [7, 11) is 1.50. The number of ether oxygens (including phenoxy) is 1. The highest BCUT2D eigenvalue weighted by Gasteiger charge is 2.14. The molecule has 0 spiro atoms. The zero-order valence-electron chi connectivity index (χ0n) is 12.9. The molecule has 0 aliphatic heterocycles. The second kappa shape index (κ2) is 8.49. The number of likely N-dealkylation sites (N-methyl/N-ethyl adjacent to an activating group) is 1. The quantitative estimate of drug-likeness (QED) is 0.776. The Balaban J connectivity index is 1.75. The van der Waals surface area contributed by atoms with Crippen molar-refractivity contribution >= 4 is 27.7 Å². The summed E-state index contributed by atoms with van der Waals surface area (Å²) < 4.78 is 23.8. The fraction of sp³-hybridized carbons (Fsp3) is 0.250. The van der Waals surface area contributed by atoms with E-state index in [9.17, 15) is 14.0 Å². The maximum absolute atomic E-state index is 13.0. The van der Waals surface area contributed by atoms with Gasteiger partial charge in [-0.1, -0.05) is 0 Å². The molecular formula is C16H16BrFN2O4. The summed E-state index contributed by atoms with van der Waals surface area (Å²) in [5.74, 6) is -0.127. The summed E-state index contributed by atoms with van der Waals surface area (Å²) in [5.41, 5.74) is 0. The highest BCUT2D eigenvalue weighted by molar-refractivity contribution is 9.10. The van der Waals surface area contributed by atoms with Gasteiger partial charge in [0.2, 0.25) is 5.91 Å². The van der Waals surface area contributed by atoms with Crippen molar-refractivity contribution < 1.29 is 23.1 Å². The molecular weight excluding hydrogens is 383 g/mol. The number of nitrogens with one attached hydrogen (secondary N) is 1. The van der Waals surface area contributed by atoms with Crippen LogP contribution in [0.3, 0.4) is 0 Å². The molecule has 0 aliphatic rings. The third-order valence-corrected chi connectivity index (χ3v) is 3.71. The molecule has 1 heterocycles. The molecule has 0 aliphatic carbocycles. The Morgan fingerprint density at radius 3 is 2.83 bits per heavy atom. The molecule has 8 heteroatoms. The van der Waals surface area contributed by atoms with Crippen LogP contribution in [0.2, 0.25) is 0 Å². The van der Waals surface area contributed by atoms with Crippen LogP contribution in [0.15, 0.2) is 45.5 Å². The number of nitrogens with zero attached hydrogens (tertiary/aromatic N) is 1. The summed E-state index contributed by atoms with van der Waals surface area (Å²) in [6, 6.07) is 7.36. The summed E-state index contributed by atoms with van der Waals surface area (Å²) >= 11 is 3.15. The van der Waals surface area contributed by atoms with E-state index in [0.29, 0.717) is 16.0 Å². The van der Waals surface area contributed by atoms with E-state index >= 15 is 0 Å². The molecule has 0 saturated heterocycles. The first-order valence-corrected chi connectivity index (χ1v) is 7.86. The van der Waals surface area contributed by atoms with Crippen LogP contribution in [-0.2, 0) is 16.1 Å². The van der Waals surface area contributed by atoms with Crippen molar-refractivity contribution in [1.29, 1.82) is 0 Å². The number of hydrogen-bond donors (Lipinski definition) is 1. The minimum atomic E-state index is -0.411. The predicted molar refractivity (Wildman–Crippen MR) is 87.8 cm³/mol. The number of hydrogen-bond acceptors (Lipinski definition) is 4. The molecule has 6 nitrogen and oxygen atoms in total. The lowest BCUT2D eigenvalue weighted by molar-refractivity contribution is -0.136. The van der Waals surface area contributed by atoms with Crippen molar-refractivity contribution in [3.8, 4) is 5.75 Å². The number of rotatable bonds is 7. The molecule has 2 amide bonds. The van der Waals surface area contributed by atoms with Crippen LogP contribution in [-0.4, -0.2) is 36.9 Å². The molecule has 0 bridgehead atoms. The second-order valence-electron chi connectivity index (χ2n) is 4.97. The Bertz CT molecular complexity index is 706. The summed E-state index contributed by atoms with van der Waals surface area (Å²) in [4.78, 5) is 25.0. The van der Waals surface area contributed by atoms with E-state index < -0.39 is 5.82 Å². The standard InChI is InChI=1S/C16H16BrFN2O4/c1-20(9-15(21)19-8-12-3-2-6-23-12)16(22)10-24-14-5-4-11(18)7-13(14)17/h2-7H,8-10H2,1H3,(H,19,21). The Morgan fingerprint density at radius 1 is 1.38 bits per heavy atom. The van der Waals surface area contributed by atoms with Gasteiger partial charge in [-0.2, -0.15) is 0 Å². The zero-order valence-corrected chi connectivity index (χ0v) is 14.5. The topological polar surface area (TPSA) is 71.8 Å². The minimum Gasteiger partial charge on any atom is -0.483 e. The number of benzene rings is 1. The molecule has 0 atom stereocenters. The number of carbonyl (C=O) groups is 2. The smallest absolute Gasteiger partial charge is 0.260 e. The fourth-order valence-electron chi connectivity index (χ4n) is 1.80. The van der Waals surface area contributed by atoms with Gasteiger partial charge < -0.3 is 19.4 Å². The van der Waals surface area contributed by atoms with Gasteiger partial charge in [-0.25, -0.2) is 4.39 Å². The largest absolute Gasteiger partial charge is 0.483 e. The van der Waals surface area contributed by atoms with Gasteiger partial charge in [0, 0.05) is 7.05 Å². The molecule has 1 aromatic carbocycles. The third kappa shape index (κ3) is 5.38. The van der Waals surface area contributed by atoms with Crippen molar-refractivity contribution in [3.63, 3.8) is 0 Å². The van der Waals surface area contributed by atoms with Gasteiger partial charge in [0.05, 0.1) is 23.8 Å². The third-order valence-electron chi connectivity index (χ3n) is 3.09. The fourth-order valence-corrected chi connectivity index (χ4v) is 2.27. The van der Waals surface area contributed by atoms with Gasteiger partial charge in [-0.05, 0) is 46.3 Å². The second-order valence-corrected chi connectivity index (χ2v) is 5.82. The van der Waals surface area contributed by atoms with Gasteiger partial charge in [0.15, 0.2) is 6.61 Å². The van der Waals surface area contributed by atoms with Crippen LogP contribution in [0.1, 0.15) is 5.76 Å². The first-order valence-electron chi connectivity index (χ1n) is 7.06. The van der Waals surface area contributed by atoms with E-state index in [1.54, 1.807) is 12.1 Å². The Hall–Kier alpha value is -2.35. The lowest BCUT2D eigenvalue weighted by Gasteiger charge is -2.17.